The number of carbonyl (C=O) groups excluding carboxylic acids is 3. The number of piperidine rings is 1. The second kappa shape index (κ2) is 6.32. The van der Waals surface area contributed by atoms with Crippen LogP contribution in [0, 0.1) is 19.8 Å². The van der Waals surface area contributed by atoms with E-state index in [1.54, 1.807) is 0 Å². The maximum atomic E-state index is 13.2. The molecule has 1 heterocycles. The topological polar surface area (TPSA) is 63.7 Å². The zero-order valence-electron chi connectivity index (χ0n) is 15.6. The first-order chi connectivity index (χ1) is 12.0. The van der Waals surface area contributed by atoms with Gasteiger partial charge in [-0.3, -0.25) is 19.3 Å². The summed E-state index contributed by atoms with van der Waals surface area (Å²) in [5, 5.41) is 0. The minimum absolute atomic E-state index is 0.187. The molecule has 2 amide bonds. The predicted octanol–water partition coefficient (Wildman–Crippen LogP) is 3.54. The molecule has 2 bridgehead atoms. The fourth-order valence-electron chi connectivity index (χ4n) is 5.12. The lowest BCUT2D eigenvalue weighted by molar-refractivity contribution is -0.185. The first kappa shape index (κ1) is 19.3. The Kier molecular flexibility index (Phi) is 4.70. The molecule has 2 fully saturated rings. The van der Waals surface area contributed by atoms with Crippen molar-refractivity contribution in [2.75, 3.05) is 7.11 Å². The minimum atomic E-state index is -0.823. The standard InChI is InChI=1S/C20H24INO4/c1-18-10-19(2,12-20(3,11-18)17(25)26-4)16(24)22(15(18)23)9-13-5-7-14(21)8-6-13/h5-8H,9-12H2,1-4H3/t18-,19?,20+/m1/s1. The van der Waals surface area contributed by atoms with Crippen LogP contribution in [0.4, 0.5) is 0 Å². The Bertz CT molecular complexity index is 745. The van der Waals surface area contributed by atoms with E-state index < -0.39 is 16.2 Å². The quantitative estimate of drug-likeness (QED) is 0.386. The van der Waals surface area contributed by atoms with Crippen molar-refractivity contribution < 1.29 is 19.1 Å². The van der Waals surface area contributed by atoms with Crippen LogP contribution in [0.3, 0.4) is 0 Å². The van der Waals surface area contributed by atoms with Gasteiger partial charge in [0, 0.05) is 14.4 Å². The molecule has 0 spiro atoms. The summed E-state index contributed by atoms with van der Waals surface area (Å²) >= 11 is 2.22. The monoisotopic (exact) mass is 469 g/mol. The number of methoxy groups -OCH3 is 1. The maximum Gasteiger partial charge on any atom is 0.311 e. The Morgan fingerprint density at radius 1 is 1.04 bits per heavy atom. The normalized spacial score (nSPS) is 34.0. The first-order valence-electron chi connectivity index (χ1n) is 8.72. The van der Waals surface area contributed by atoms with Gasteiger partial charge in [-0.25, -0.2) is 0 Å². The number of hydrogen-bond donors (Lipinski definition) is 0. The Balaban J connectivity index is 1.96. The average molecular weight is 469 g/mol. The molecule has 0 radical (unpaired) electrons. The predicted molar refractivity (Wildman–Crippen MR) is 105 cm³/mol. The van der Waals surface area contributed by atoms with Gasteiger partial charge in [-0.15, -0.1) is 0 Å². The zero-order chi connectivity index (χ0) is 19.3. The molecule has 3 atom stereocenters. The fourth-order valence-corrected chi connectivity index (χ4v) is 5.48. The van der Waals surface area contributed by atoms with Crippen molar-refractivity contribution in [1.29, 1.82) is 0 Å². The summed E-state index contributed by atoms with van der Waals surface area (Å²) in [6, 6.07) is 7.81. The third-order valence-electron chi connectivity index (χ3n) is 5.80. The van der Waals surface area contributed by atoms with Crippen LogP contribution >= 0.6 is 22.6 Å². The molecule has 0 aromatic heterocycles. The third-order valence-corrected chi connectivity index (χ3v) is 6.52. The summed E-state index contributed by atoms with van der Waals surface area (Å²) in [4.78, 5) is 40.2. The Labute approximate surface area is 167 Å². The molecule has 0 N–H and O–H groups in total. The largest absolute Gasteiger partial charge is 0.469 e. The molecule has 6 heteroatoms. The summed E-state index contributed by atoms with van der Waals surface area (Å²) in [6.45, 7) is 5.83. The van der Waals surface area contributed by atoms with E-state index in [0.29, 0.717) is 19.3 Å². The third kappa shape index (κ3) is 3.06. The van der Waals surface area contributed by atoms with Crippen LogP contribution in [0.1, 0.15) is 45.6 Å². The number of amides is 2. The van der Waals surface area contributed by atoms with Gasteiger partial charge in [0.1, 0.15) is 0 Å². The van der Waals surface area contributed by atoms with Crippen LogP contribution < -0.4 is 0 Å². The summed E-state index contributed by atoms with van der Waals surface area (Å²) < 4.78 is 6.08. The van der Waals surface area contributed by atoms with Gasteiger partial charge >= 0.3 is 5.97 Å². The van der Waals surface area contributed by atoms with Gasteiger partial charge in [-0.05, 0) is 66.5 Å². The summed E-state index contributed by atoms with van der Waals surface area (Å²) in [5.74, 6) is -0.719. The van der Waals surface area contributed by atoms with Crippen molar-refractivity contribution in [2.45, 2.75) is 46.6 Å². The Morgan fingerprint density at radius 2 is 1.54 bits per heavy atom. The van der Waals surface area contributed by atoms with E-state index in [2.05, 4.69) is 22.6 Å². The molecule has 1 aliphatic heterocycles. The highest BCUT2D eigenvalue weighted by atomic mass is 127. The van der Waals surface area contributed by atoms with Gasteiger partial charge in [0.2, 0.25) is 11.8 Å². The van der Waals surface area contributed by atoms with E-state index in [1.807, 2.05) is 45.0 Å². The molecule has 1 aromatic rings. The number of imide groups is 1. The van der Waals surface area contributed by atoms with E-state index in [0.717, 1.165) is 9.13 Å². The fraction of sp³-hybridized carbons (Fsp3) is 0.550. The number of esters is 1. The van der Waals surface area contributed by atoms with E-state index in [9.17, 15) is 14.4 Å². The van der Waals surface area contributed by atoms with Gasteiger partial charge in [0.25, 0.3) is 0 Å². The smallest absolute Gasteiger partial charge is 0.311 e. The van der Waals surface area contributed by atoms with Crippen LogP contribution in [0.15, 0.2) is 24.3 Å². The van der Waals surface area contributed by atoms with Crippen molar-refractivity contribution in [3.05, 3.63) is 33.4 Å². The number of benzene rings is 1. The summed E-state index contributed by atoms with van der Waals surface area (Å²) in [7, 11) is 1.36. The highest BCUT2D eigenvalue weighted by Gasteiger charge is 2.63. The van der Waals surface area contributed by atoms with E-state index >= 15 is 0 Å². The molecular weight excluding hydrogens is 445 g/mol. The van der Waals surface area contributed by atoms with E-state index in [-0.39, 0.29) is 24.3 Å². The van der Waals surface area contributed by atoms with E-state index in [4.69, 9.17) is 4.74 Å². The molecule has 2 aliphatic rings. The molecule has 26 heavy (non-hydrogen) atoms. The highest BCUT2D eigenvalue weighted by Crippen LogP contribution is 2.58. The van der Waals surface area contributed by atoms with Gasteiger partial charge in [0.05, 0.1) is 19.1 Å². The lowest BCUT2D eigenvalue weighted by atomic mass is 9.52. The number of rotatable bonds is 3. The van der Waals surface area contributed by atoms with Gasteiger partial charge in [0.15, 0.2) is 0 Å². The molecule has 1 aromatic carbocycles. The number of likely N-dealkylation sites (tertiary alicyclic amines) is 1. The average Bonchev–Trinajstić information content (AvgIpc) is 2.57. The highest BCUT2D eigenvalue weighted by molar-refractivity contribution is 14.1. The second-order valence-electron chi connectivity index (χ2n) is 8.53. The second-order valence-corrected chi connectivity index (χ2v) is 9.77. The zero-order valence-corrected chi connectivity index (χ0v) is 17.8. The van der Waals surface area contributed by atoms with Gasteiger partial charge < -0.3 is 4.74 Å². The van der Waals surface area contributed by atoms with Crippen molar-refractivity contribution >= 4 is 40.4 Å². The van der Waals surface area contributed by atoms with Crippen LogP contribution in [0.5, 0.6) is 0 Å². The van der Waals surface area contributed by atoms with Crippen molar-refractivity contribution in [2.24, 2.45) is 16.2 Å². The molecule has 140 valence electrons. The number of halogens is 1. The van der Waals surface area contributed by atoms with Crippen LogP contribution in [-0.4, -0.2) is 29.8 Å². The molecule has 3 rings (SSSR count). The lowest BCUT2D eigenvalue weighted by Gasteiger charge is -2.55. The number of hydrogen-bond acceptors (Lipinski definition) is 4. The molecule has 5 nitrogen and oxygen atoms in total. The minimum Gasteiger partial charge on any atom is -0.469 e. The van der Waals surface area contributed by atoms with Gasteiger partial charge in [-0.2, -0.15) is 0 Å². The van der Waals surface area contributed by atoms with Crippen molar-refractivity contribution in [3.8, 4) is 0 Å². The molecule has 1 saturated carbocycles. The molecular formula is C20H24INO4. The number of ether oxygens (including phenoxy) is 1. The van der Waals surface area contributed by atoms with Crippen molar-refractivity contribution in [3.63, 3.8) is 0 Å². The van der Waals surface area contributed by atoms with Crippen LogP contribution in [0.25, 0.3) is 0 Å². The molecule has 1 unspecified atom stereocenters. The Hall–Kier alpha value is -1.44. The van der Waals surface area contributed by atoms with E-state index in [1.165, 1.54) is 12.0 Å². The van der Waals surface area contributed by atoms with Crippen LogP contribution in [-0.2, 0) is 25.7 Å². The number of nitrogens with zero attached hydrogens (tertiary/aromatic N) is 1. The van der Waals surface area contributed by atoms with Gasteiger partial charge in [-0.1, -0.05) is 26.0 Å². The number of carbonyl (C=O) groups is 3. The summed E-state index contributed by atoms with van der Waals surface area (Å²) in [6.07, 6.45) is 1.28. The molecule has 1 saturated heterocycles. The van der Waals surface area contributed by atoms with Crippen LogP contribution in [0.2, 0.25) is 0 Å². The summed E-state index contributed by atoms with van der Waals surface area (Å²) in [5.41, 5.74) is -1.38. The molecule has 1 aliphatic carbocycles. The first-order valence-corrected chi connectivity index (χ1v) is 9.80. The SMILES string of the molecule is COC(=O)[C@]1(C)CC2(C)C[C@](C)(C1)C(=O)N(Cc1ccc(I)cc1)C2=O. The maximum absolute atomic E-state index is 13.2. The van der Waals surface area contributed by atoms with Crippen molar-refractivity contribution in [1.82, 2.24) is 4.90 Å². The Morgan fingerprint density at radius 3 is 2.00 bits per heavy atom. The number of fused-ring (bicyclic) bond motifs is 2. The lowest BCUT2D eigenvalue weighted by Crippen LogP contribution is -2.63.